The maximum Gasteiger partial charge on any atom is 0.460 e. The van der Waals surface area contributed by atoms with E-state index in [1.54, 1.807) is 36.4 Å². The number of rotatable bonds is 44. The molecule has 4 aliphatic carbocycles. The van der Waals surface area contributed by atoms with Crippen molar-refractivity contribution >= 4 is 12.2 Å². The van der Waals surface area contributed by atoms with Crippen molar-refractivity contribution in [2.45, 2.75) is 160 Å². The Kier molecular flexibility index (Phi) is 35.1. The van der Waals surface area contributed by atoms with E-state index in [0.29, 0.717) is 64.4 Å². The summed E-state index contributed by atoms with van der Waals surface area (Å²) in [4.78, 5) is 0. The van der Waals surface area contributed by atoms with E-state index in [1.807, 2.05) is 54.6 Å². The summed E-state index contributed by atoms with van der Waals surface area (Å²) >= 11 is 0. The van der Waals surface area contributed by atoms with Crippen molar-refractivity contribution in [3.63, 3.8) is 0 Å². The van der Waals surface area contributed by atoms with E-state index >= 15 is 26.3 Å². The van der Waals surface area contributed by atoms with Crippen LogP contribution < -0.4 is 0 Å². The molecule has 4 aliphatic rings. The maximum absolute atomic E-state index is 15.8. The summed E-state index contributed by atoms with van der Waals surface area (Å²) in [7, 11) is 3.00. The molecule has 0 saturated heterocycles. The summed E-state index contributed by atoms with van der Waals surface area (Å²) in [5.41, 5.74) is 1.77. The van der Waals surface area contributed by atoms with E-state index in [4.69, 9.17) is 37.9 Å². The number of methoxy groups -OCH3 is 2. The van der Waals surface area contributed by atoms with Crippen LogP contribution in [-0.4, -0.2) is 189 Å². The number of benzene rings is 2. The first kappa shape index (κ1) is 102. The molecule has 42 heteroatoms. The normalized spacial score (nSPS) is 24.7. The molecule has 0 amide bonds. The summed E-state index contributed by atoms with van der Waals surface area (Å²) in [5.74, 6) is -128. The second-order valence-electron chi connectivity index (χ2n) is 28.7. The molecule has 2 aromatic carbocycles. The van der Waals surface area contributed by atoms with Crippen molar-refractivity contribution in [2.24, 2.45) is 71.0 Å². The molecule has 0 heterocycles. The molecule has 8 nitrogen and oxygen atoms in total. The molecule has 0 bridgehead atoms. The Morgan fingerprint density at radius 1 is 0.280 bits per heavy atom. The van der Waals surface area contributed by atoms with Gasteiger partial charge in [-0.05, 0) is 148 Å². The molecule has 6 rings (SSSR count). The highest BCUT2D eigenvalue weighted by molar-refractivity contribution is 5.50. The number of hydrogen-bond donors (Lipinski definition) is 0. The van der Waals surface area contributed by atoms with Gasteiger partial charge in [-0.25, -0.2) is 0 Å². The van der Waals surface area contributed by atoms with Crippen molar-refractivity contribution in [3.05, 3.63) is 133 Å². The first-order chi connectivity index (χ1) is 54.3. The monoisotopic (exact) mass is 1770 g/mol. The minimum atomic E-state index is -9.22. The zero-order valence-corrected chi connectivity index (χ0v) is 62.9. The van der Waals surface area contributed by atoms with Gasteiger partial charge in [0, 0.05) is 26.1 Å². The minimum Gasteiger partial charge on any atom is -0.502 e. The van der Waals surface area contributed by atoms with E-state index in [-0.39, 0.29) is 82.4 Å². The first-order valence-corrected chi connectivity index (χ1v) is 36.4. The first-order valence-electron chi connectivity index (χ1n) is 36.4. The van der Waals surface area contributed by atoms with Crippen LogP contribution in [0.4, 0.5) is 149 Å². The molecule has 0 aliphatic heterocycles. The largest absolute Gasteiger partial charge is 0.502 e. The molecule has 118 heavy (non-hydrogen) atoms. The van der Waals surface area contributed by atoms with Crippen molar-refractivity contribution in [3.8, 4) is 0 Å². The number of alkyl halides is 34. The lowest BCUT2D eigenvalue weighted by Crippen LogP contribution is -2.77. The topological polar surface area (TPSA) is 73.8 Å². The summed E-state index contributed by atoms with van der Waals surface area (Å²) < 4.78 is 522. The van der Waals surface area contributed by atoms with Crippen LogP contribution >= 0.6 is 0 Å². The molecule has 12 unspecified atom stereocenters. The third-order valence-corrected chi connectivity index (χ3v) is 20.7. The van der Waals surface area contributed by atoms with Gasteiger partial charge >= 0.3 is 95.3 Å². The number of ether oxygens (including phenoxy) is 8. The third-order valence-electron chi connectivity index (χ3n) is 20.7. The molecule has 0 N–H and O–H groups in total. The van der Waals surface area contributed by atoms with Gasteiger partial charge in [-0.15, -0.1) is 0 Å². The zero-order chi connectivity index (χ0) is 89.4. The van der Waals surface area contributed by atoms with Crippen LogP contribution in [0.3, 0.4) is 0 Å². The van der Waals surface area contributed by atoms with Crippen LogP contribution in [0, 0.1) is 71.0 Å². The predicted octanol–water partition coefficient (Wildman–Crippen LogP) is 23.6. The van der Waals surface area contributed by atoms with Gasteiger partial charge in [0.2, 0.25) is 0 Å². The van der Waals surface area contributed by atoms with Gasteiger partial charge in [-0.3, -0.25) is 0 Å². The molecule has 12 atom stereocenters. The number of halogens is 34. The molecule has 0 radical (unpaired) electrons. The van der Waals surface area contributed by atoms with Crippen LogP contribution in [-0.2, 0) is 37.9 Å². The Morgan fingerprint density at radius 3 is 0.890 bits per heavy atom. The van der Waals surface area contributed by atoms with Crippen molar-refractivity contribution < 1.29 is 187 Å². The Morgan fingerprint density at radius 2 is 0.551 bits per heavy atom. The summed E-state index contributed by atoms with van der Waals surface area (Å²) in [5, 5.41) is 0. The number of allylic oxidation sites excluding steroid dienone is 8. The fourth-order valence-electron chi connectivity index (χ4n) is 14.1. The lowest BCUT2D eigenvalue weighted by Gasteiger charge is -2.45. The molecule has 0 aromatic heterocycles. The Labute approximate surface area is 655 Å². The lowest BCUT2D eigenvalue weighted by molar-refractivity contribution is -0.475. The highest BCUT2D eigenvalue weighted by Gasteiger charge is 2.98. The average molecular weight is 1770 g/mol. The minimum absolute atomic E-state index is 0.0318. The van der Waals surface area contributed by atoms with Crippen molar-refractivity contribution in [1.82, 2.24) is 0 Å². The molecule has 4 fully saturated rings. The van der Waals surface area contributed by atoms with Crippen LogP contribution in [0.1, 0.15) is 76.3 Å². The molecule has 2 aromatic rings. The Bertz CT molecular complexity index is 3550. The molecular weight excluding hydrogens is 1690 g/mol. The fraction of sp³-hybridized carbons (Fsp3) is 0.684. The Hall–Kier alpha value is -6.14. The predicted molar refractivity (Wildman–Crippen MR) is 358 cm³/mol. The van der Waals surface area contributed by atoms with E-state index < -0.39 is 162 Å². The van der Waals surface area contributed by atoms with Crippen molar-refractivity contribution in [1.29, 1.82) is 0 Å². The van der Waals surface area contributed by atoms with Gasteiger partial charge in [-0.2, -0.15) is 149 Å². The average Bonchev–Trinajstić information content (AvgIpc) is 0.719. The van der Waals surface area contributed by atoms with Crippen molar-refractivity contribution in [2.75, 3.05) is 93.5 Å². The van der Waals surface area contributed by atoms with E-state index in [0.717, 1.165) is 23.5 Å². The SMILES string of the molecule is CCO/C=C\C1CC(/C=C/C2CC(/C=C\c3ccccc3)C(COCCOCCOCCOC)C2)CC1C(F)(F)C(F)(F)C(F)(F)C(F)(F)C(F)(F)C(F)(F)C(F)(F)C(F)(F)C(F)(F)C(F)(F)F.CCO/C=C\C1CC(/C=C/C2CC(/C=C\c3ccccc3)CC2COCCOC)CC1C(F)(F)C(F)(F)C(F)(F)C(F)(F)C(F)(F)C(F)(F)F. The van der Waals surface area contributed by atoms with Gasteiger partial charge in [-0.1, -0.05) is 109 Å². The standard InChI is InChI=1S/C42H47F21O5.C34H39F13O3/c1-3-65-14-13-30-22-28(10-9-27-21-29(12-11-26-7-5-4-6-8-26)31(23-27)25-68-20-19-67-18-17-66-16-15-64-2)24-32(30)33(43,44)34(45,46)35(47,48)36(49,50)37(51,52)38(53,54)39(55,56)40(57,58)41(59,60)42(61,62)63;1-3-49-14-13-26-18-24(20-28(26)29(35,36)30(37,38)31(39,40)32(41,42)33(43,44)34(45,46)47)11-12-25-17-23(10-9-22-7-5-4-6-8-22)19-27(25)21-50-16-15-48-2/h4-14,27-32H,3,15-25H2,1-2H3;4-14,23-28H,3,15-21H2,1-2H3/b10-9+,12-11-,14-13-;10-9-,12-11+,14-13-. The quantitative estimate of drug-likeness (QED) is 0.0281. The highest BCUT2D eigenvalue weighted by atomic mass is 19.4. The van der Waals surface area contributed by atoms with Gasteiger partial charge < -0.3 is 37.9 Å². The van der Waals surface area contributed by atoms with Crippen LogP contribution in [0.25, 0.3) is 12.2 Å². The van der Waals surface area contributed by atoms with Gasteiger partial charge in [0.25, 0.3) is 0 Å². The lowest BCUT2D eigenvalue weighted by atomic mass is 9.80. The maximum atomic E-state index is 15.8. The summed E-state index contributed by atoms with van der Waals surface area (Å²) in [6, 6.07) is 18.3. The molecule has 676 valence electrons. The molecular formula is C76H86F34O8. The van der Waals surface area contributed by atoms with Crippen LogP contribution in [0.5, 0.6) is 0 Å². The second kappa shape index (κ2) is 40.5. The highest BCUT2D eigenvalue weighted by Crippen LogP contribution is 2.69. The third kappa shape index (κ3) is 21.9. The second-order valence-corrected chi connectivity index (χ2v) is 28.7. The van der Waals surface area contributed by atoms with E-state index in [2.05, 4.69) is 0 Å². The molecule has 0 spiro atoms. The van der Waals surface area contributed by atoms with E-state index in [9.17, 15) is 123 Å². The smallest absolute Gasteiger partial charge is 0.460 e. The summed E-state index contributed by atoms with van der Waals surface area (Å²) in [6.45, 7) is 5.25. The van der Waals surface area contributed by atoms with Gasteiger partial charge in [0.1, 0.15) is 0 Å². The van der Waals surface area contributed by atoms with Crippen LogP contribution in [0.15, 0.2) is 122 Å². The summed E-state index contributed by atoms with van der Waals surface area (Å²) in [6.07, 6.45) is -0.772. The number of hydrogen-bond acceptors (Lipinski definition) is 8. The molecule has 4 saturated carbocycles. The van der Waals surface area contributed by atoms with Gasteiger partial charge in [0.15, 0.2) is 0 Å². The van der Waals surface area contributed by atoms with Gasteiger partial charge in [0.05, 0.1) is 91.8 Å². The Balaban J connectivity index is 0.000000440. The van der Waals surface area contributed by atoms with Crippen LogP contribution in [0.2, 0.25) is 0 Å². The fourth-order valence-corrected chi connectivity index (χ4v) is 14.1. The zero-order valence-electron chi connectivity index (χ0n) is 62.9. The van der Waals surface area contributed by atoms with E-state index in [1.165, 1.54) is 46.3 Å².